The molecule has 0 fully saturated rings. The van der Waals surface area contributed by atoms with Gasteiger partial charge in [0, 0.05) is 10.7 Å². The molecule has 4 rings (SSSR count). The van der Waals surface area contributed by atoms with Gasteiger partial charge in [0.05, 0.1) is 18.4 Å². The number of carbonyl (C=O) groups is 2. The Morgan fingerprint density at radius 1 is 0.900 bits per heavy atom. The number of ether oxygens (including phenoxy) is 1. The maximum Gasteiger partial charge on any atom is 0.282 e. The van der Waals surface area contributed by atoms with Crippen molar-refractivity contribution in [1.82, 2.24) is 0 Å². The van der Waals surface area contributed by atoms with E-state index in [9.17, 15) is 14.0 Å². The number of benzene rings is 3. The van der Waals surface area contributed by atoms with Crippen molar-refractivity contribution < 1.29 is 18.7 Å². The first-order valence-electron chi connectivity index (χ1n) is 9.04. The Morgan fingerprint density at radius 3 is 2.20 bits per heavy atom. The van der Waals surface area contributed by atoms with Gasteiger partial charge < -0.3 is 10.1 Å². The molecule has 2 amide bonds. The lowest BCUT2D eigenvalue weighted by molar-refractivity contribution is -0.120. The van der Waals surface area contributed by atoms with E-state index in [0.717, 1.165) is 4.90 Å². The van der Waals surface area contributed by atoms with E-state index in [1.54, 1.807) is 61.7 Å². The topological polar surface area (TPSA) is 58.6 Å². The molecule has 30 heavy (non-hydrogen) atoms. The molecule has 0 radical (unpaired) electrons. The normalized spacial score (nSPS) is 13.8. The average molecular weight is 423 g/mol. The van der Waals surface area contributed by atoms with Crippen molar-refractivity contribution >= 4 is 40.4 Å². The van der Waals surface area contributed by atoms with E-state index in [1.807, 2.05) is 0 Å². The van der Waals surface area contributed by atoms with Crippen molar-refractivity contribution in [3.05, 3.63) is 94.9 Å². The standard InChI is InChI=1S/C23H16ClFN2O3/c1-30-17-12-10-16(11-13-17)26-21-20(14-6-8-15(24)9-7-14)22(28)27(23(21)29)19-5-3-2-4-18(19)25/h2-13,26H,1H3. The van der Waals surface area contributed by atoms with E-state index in [-0.39, 0.29) is 17.0 Å². The summed E-state index contributed by atoms with van der Waals surface area (Å²) in [4.78, 5) is 27.3. The van der Waals surface area contributed by atoms with Gasteiger partial charge in [-0.15, -0.1) is 0 Å². The number of para-hydroxylation sites is 1. The maximum atomic E-state index is 14.4. The summed E-state index contributed by atoms with van der Waals surface area (Å²) in [5.41, 5.74) is 1.15. The number of nitrogens with one attached hydrogen (secondary N) is 1. The molecule has 150 valence electrons. The van der Waals surface area contributed by atoms with Crippen LogP contribution in [0.1, 0.15) is 5.56 Å². The third kappa shape index (κ3) is 3.53. The van der Waals surface area contributed by atoms with E-state index < -0.39 is 17.6 Å². The lowest BCUT2D eigenvalue weighted by Crippen LogP contribution is -2.33. The molecule has 0 atom stereocenters. The van der Waals surface area contributed by atoms with Gasteiger partial charge in [-0.25, -0.2) is 9.29 Å². The molecule has 1 N–H and O–H groups in total. The SMILES string of the molecule is COc1ccc(NC2=C(c3ccc(Cl)cc3)C(=O)N(c3ccccc3F)C2=O)cc1. The first kappa shape index (κ1) is 19.7. The van der Waals surface area contributed by atoms with Crippen LogP contribution in [0.4, 0.5) is 15.8 Å². The molecule has 0 unspecified atom stereocenters. The Hall–Kier alpha value is -3.64. The van der Waals surface area contributed by atoms with Gasteiger partial charge in [0.25, 0.3) is 11.8 Å². The van der Waals surface area contributed by atoms with Crippen LogP contribution in [0.3, 0.4) is 0 Å². The van der Waals surface area contributed by atoms with Crippen LogP contribution in [-0.4, -0.2) is 18.9 Å². The number of hydrogen-bond acceptors (Lipinski definition) is 4. The van der Waals surface area contributed by atoms with Crippen molar-refractivity contribution in [2.45, 2.75) is 0 Å². The Kier molecular flexibility index (Phi) is 5.25. The van der Waals surface area contributed by atoms with E-state index in [2.05, 4.69) is 5.32 Å². The minimum Gasteiger partial charge on any atom is -0.497 e. The molecule has 1 aliphatic rings. The second-order valence-corrected chi connectivity index (χ2v) is 6.94. The van der Waals surface area contributed by atoms with Gasteiger partial charge in [-0.2, -0.15) is 0 Å². The lowest BCUT2D eigenvalue weighted by Gasteiger charge is -2.16. The Balaban J connectivity index is 1.81. The summed E-state index contributed by atoms with van der Waals surface area (Å²) in [5.74, 6) is -1.29. The van der Waals surface area contributed by atoms with Crippen LogP contribution in [0.25, 0.3) is 5.57 Å². The highest BCUT2D eigenvalue weighted by Gasteiger charge is 2.41. The fraction of sp³-hybridized carbons (Fsp3) is 0.0435. The van der Waals surface area contributed by atoms with Crippen LogP contribution in [0, 0.1) is 5.82 Å². The zero-order chi connectivity index (χ0) is 21.3. The number of anilines is 2. The Bertz CT molecular complexity index is 1160. The first-order valence-corrected chi connectivity index (χ1v) is 9.42. The number of nitrogens with zero attached hydrogens (tertiary/aromatic N) is 1. The predicted molar refractivity (Wildman–Crippen MR) is 114 cm³/mol. The van der Waals surface area contributed by atoms with E-state index >= 15 is 0 Å². The predicted octanol–water partition coefficient (Wildman–Crippen LogP) is 4.88. The molecule has 0 saturated carbocycles. The van der Waals surface area contributed by atoms with Crippen LogP contribution < -0.4 is 15.0 Å². The zero-order valence-corrected chi connectivity index (χ0v) is 16.6. The molecule has 0 aromatic heterocycles. The van der Waals surface area contributed by atoms with Crippen LogP contribution in [0.15, 0.2) is 78.5 Å². The molecule has 0 spiro atoms. The molecular formula is C23H16ClFN2O3. The third-order valence-electron chi connectivity index (χ3n) is 4.67. The smallest absolute Gasteiger partial charge is 0.282 e. The van der Waals surface area contributed by atoms with Gasteiger partial charge in [-0.1, -0.05) is 35.9 Å². The highest BCUT2D eigenvalue weighted by atomic mass is 35.5. The van der Waals surface area contributed by atoms with E-state index in [1.165, 1.54) is 18.2 Å². The number of rotatable bonds is 5. The number of imide groups is 1. The minimum absolute atomic E-state index is 0.0516. The molecule has 0 saturated heterocycles. The molecule has 5 nitrogen and oxygen atoms in total. The Morgan fingerprint density at radius 2 is 1.57 bits per heavy atom. The van der Waals surface area contributed by atoms with Crippen molar-refractivity contribution in [1.29, 1.82) is 0 Å². The number of amides is 2. The second-order valence-electron chi connectivity index (χ2n) is 6.51. The van der Waals surface area contributed by atoms with Crippen molar-refractivity contribution in [2.24, 2.45) is 0 Å². The maximum absolute atomic E-state index is 14.4. The summed E-state index contributed by atoms with van der Waals surface area (Å²) in [6.45, 7) is 0. The fourth-order valence-electron chi connectivity index (χ4n) is 3.20. The fourth-order valence-corrected chi connectivity index (χ4v) is 3.33. The lowest BCUT2D eigenvalue weighted by atomic mass is 10.0. The molecule has 3 aromatic rings. The molecule has 7 heteroatoms. The van der Waals surface area contributed by atoms with Crippen LogP contribution in [0.2, 0.25) is 5.02 Å². The monoisotopic (exact) mass is 422 g/mol. The minimum atomic E-state index is -0.666. The van der Waals surface area contributed by atoms with Crippen LogP contribution in [-0.2, 0) is 9.59 Å². The van der Waals surface area contributed by atoms with Crippen molar-refractivity contribution in [3.8, 4) is 5.75 Å². The summed E-state index contributed by atoms with van der Waals surface area (Å²) in [6.07, 6.45) is 0. The van der Waals surface area contributed by atoms with Gasteiger partial charge >= 0.3 is 0 Å². The summed E-state index contributed by atoms with van der Waals surface area (Å²) in [5, 5.41) is 3.50. The molecule has 0 bridgehead atoms. The quantitative estimate of drug-likeness (QED) is 0.595. The van der Waals surface area contributed by atoms with Crippen molar-refractivity contribution in [2.75, 3.05) is 17.3 Å². The number of hydrogen-bond donors (Lipinski definition) is 1. The highest BCUT2D eigenvalue weighted by molar-refractivity contribution is 6.46. The number of halogens is 2. The summed E-state index contributed by atoms with van der Waals surface area (Å²) in [6, 6.07) is 19.1. The summed E-state index contributed by atoms with van der Waals surface area (Å²) in [7, 11) is 1.55. The first-order chi connectivity index (χ1) is 14.5. The number of carbonyl (C=O) groups excluding carboxylic acids is 2. The number of methoxy groups -OCH3 is 1. The molecule has 0 aliphatic carbocycles. The zero-order valence-electron chi connectivity index (χ0n) is 15.9. The molecule has 1 aliphatic heterocycles. The van der Waals surface area contributed by atoms with Gasteiger partial charge in [-0.3, -0.25) is 9.59 Å². The van der Waals surface area contributed by atoms with Crippen molar-refractivity contribution in [3.63, 3.8) is 0 Å². The Labute approximate surface area is 177 Å². The van der Waals surface area contributed by atoms with E-state index in [4.69, 9.17) is 16.3 Å². The second kappa shape index (κ2) is 8.00. The average Bonchev–Trinajstić information content (AvgIpc) is 2.99. The summed E-state index contributed by atoms with van der Waals surface area (Å²) < 4.78 is 19.5. The molecule has 1 heterocycles. The van der Waals surface area contributed by atoms with Gasteiger partial charge in [-0.05, 0) is 54.1 Å². The summed E-state index contributed by atoms with van der Waals surface area (Å²) >= 11 is 5.97. The van der Waals surface area contributed by atoms with Gasteiger partial charge in [0.15, 0.2) is 0 Å². The van der Waals surface area contributed by atoms with Crippen LogP contribution >= 0.6 is 11.6 Å². The third-order valence-corrected chi connectivity index (χ3v) is 4.92. The highest BCUT2D eigenvalue weighted by Crippen LogP contribution is 2.35. The molecule has 3 aromatic carbocycles. The van der Waals surface area contributed by atoms with Gasteiger partial charge in [0.2, 0.25) is 0 Å². The molecular weight excluding hydrogens is 407 g/mol. The van der Waals surface area contributed by atoms with Crippen LogP contribution in [0.5, 0.6) is 5.75 Å². The largest absolute Gasteiger partial charge is 0.497 e. The van der Waals surface area contributed by atoms with Gasteiger partial charge in [0.1, 0.15) is 17.3 Å². The van der Waals surface area contributed by atoms with E-state index in [0.29, 0.717) is 22.0 Å².